The third-order valence-electron chi connectivity index (χ3n) is 2.40. The highest BCUT2D eigenvalue weighted by Crippen LogP contribution is 2.35. The van der Waals surface area contributed by atoms with Gasteiger partial charge in [-0.25, -0.2) is 4.79 Å². The first kappa shape index (κ1) is 10.8. The summed E-state index contributed by atoms with van der Waals surface area (Å²) in [4.78, 5) is 10.6. The minimum Gasteiger partial charge on any atom is -0.490 e. The number of benzene rings is 1. The molecule has 0 saturated carbocycles. The van der Waals surface area contributed by atoms with E-state index >= 15 is 0 Å². The summed E-state index contributed by atoms with van der Waals surface area (Å²) in [6.45, 7) is 1.68. The number of fused-ring (bicyclic) bond motifs is 1. The zero-order chi connectivity index (χ0) is 11.7. The molecule has 0 radical (unpaired) electrons. The normalized spacial score (nSPS) is 19.8. The molecular formula is C11H12O5. The average molecular weight is 224 g/mol. The van der Waals surface area contributed by atoms with E-state index in [0.29, 0.717) is 17.1 Å². The molecule has 86 valence electrons. The summed E-state index contributed by atoms with van der Waals surface area (Å²) in [6, 6.07) is 4.89. The Morgan fingerprint density at radius 2 is 2.38 bits per heavy atom. The standard InChI is InChI=1S/C11H12O5/c1-6(11(13)14)16-7-2-3-8-9(12)5-15-10(8)4-7/h2-4,6,9,12H,5H2,1H3,(H,13,14). The lowest BCUT2D eigenvalue weighted by molar-refractivity contribution is -0.144. The Hall–Kier alpha value is -1.75. The van der Waals surface area contributed by atoms with Gasteiger partial charge in [0.2, 0.25) is 0 Å². The van der Waals surface area contributed by atoms with Crippen LogP contribution in [-0.4, -0.2) is 28.9 Å². The van der Waals surface area contributed by atoms with Crippen LogP contribution in [0.1, 0.15) is 18.6 Å². The number of aliphatic hydroxyl groups is 1. The molecule has 2 N–H and O–H groups in total. The van der Waals surface area contributed by atoms with Crippen LogP contribution in [0.2, 0.25) is 0 Å². The highest BCUT2D eigenvalue weighted by Gasteiger charge is 2.22. The van der Waals surface area contributed by atoms with Gasteiger partial charge in [0.05, 0.1) is 0 Å². The lowest BCUT2D eigenvalue weighted by atomic mass is 10.1. The van der Waals surface area contributed by atoms with Gasteiger partial charge in [0.1, 0.15) is 24.2 Å². The summed E-state index contributed by atoms with van der Waals surface area (Å²) in [5, 5.41) is 18.2. The number of hydrogen-bond acceptors (Lipinski definition) is 4. The summed E-state index contributed by atoms with van der Waals surface area (Å²) in [5.74, 6) is -0.0632. The molecule has 1 aromatic carbocycles. The number of hydrogen-bond donors (Lipinski definition) is 2. The first-order valence-corrected chi connectivity index (χ1v) is 4.92. The SMILES string of the molecule is CC(Oc1ccc2c(c1)OCC2O)C(=O)O. The van der Waals surface area contributed by atoms with Gasteiger partial charge in [-0.3, -0.25) is 0 Å². The second-order valence-corrected chi connectivity index (χ2v) is 3.62. The van der Waals surface area contributed by atoms with E-state index in [0.717, 1.165) is 0 Å². The third kappa shape index (κ3) is 1.94. The van der Waals surface area contributed by atoms with E-state index in [4.69, 9.17) is 14.6 Å². The van der Waals surface area contributed by atoms with Gasteiger partial charge >= 0.3 is 5.97 Å². The Morgan fingerprint density at radius 1 is 1.62 bits per heavy atom. The summed E-state index contributed by atoms with van der Waals surface area (Å²) in [7, 11) is 0. The molecule has 0 bridgehead atoms. The molecule has 2 atom stereocenters. The Kier molecular flexibility index (Phi) is 2.70. The molecule has 2 unspecified atom stereocenters. The van der Waals surface area contributed by atoms with Crippen LogP contribution in [0.15, 0.2) is 18.2 Å². The van der Waals surface area contributed by atoms with E-state index in [1.807, 2.05) is 0 Å². The molecule has 0 fully saturated rings. The Bertz CT molecular complexity index is 415. The van der Waals surface area contributed by atoms with Crippen molar-refractivity contribution in [2.75, 3.05) is 6.61 Å². The second-order valence-electron chi connectivity index (χ2n) is 3.62. The van der Waals surface area contributed by atoms with Gasteiger partial charge in [-0.2, -0.15) is 0 Å². The van der Waals surface area contributed by atoms with E-state index < -0.39 is 18.2 Å². The van der Waals surface area contributed by atoms with Crippen molar-refractivity contribution in [3.05, 3.63) is 23.8 Å². The topological polar surface area (TPSA) is 76.0 Å². The molecule has 5 heteroatoms. The van der Waals surface area contributed by atoms with E-state index in [1.54, 1.807) is 18.2 Å². The van der Waals surface area contributed by atoms with E-state index in [9.17, 15) is 9.90 Å². The van der Waals surface area contributed by atoms with E-state index in [-0.39, 0.29) is 6.61 Å². The van der Waals surface area contributed by atoms with Crippen LogP contribution in [0.4, 0.5) is 0 Å². The summed E-state index contributed by atoms with van der Waals surface area (Å²) in [5.41, 5.74) is 0.704. The van der Waals surface area contributed by atoms with Crippen molar-refractivity contribution in [2.24, 2.45) is 0 Å². The maximum absolute atomic E-state index is 10.6. The molecule has 0 amide bonds. The van der Waals surface area contributed by atoms with Gasteiger partial charge < -0.3 is 19.7 Å². The highest BCUT2D eigenvalue weighted by atomic mass is 16.5. The Morgan fingerprint density at radius 3 is 3.06 bits per heavy atom. The van der Waals surface area contributed by atoms with Gasteiger partial charge in [-0.05, 0) is 19.1 Å². The van der Waals surface area contributed by atoms with Gasteiger partial charge in [-0.15, -0.1) is 0 Å². The molecule has 16 heavy (non-hydrogen) atoms. The molecule has 1 aromatic rings. The minimum absolute atomic E-state index is 0.229. The molecule has 1 heterocycles. The molecular weight excluding hydrogens is 212 g/mol. The molecule has 0 aromatic heterocycles. The summed E-state index contributed by atoms with van der Waals surface area (Å²) >= 11 is 0. The molecule has 2 rings (SSSR count). The van der Waals surface area contributed by atoms with Gasteiger partial charge in [0.15, 0.2) is 6.10 Å². The summed E-state index contributed by atoms with van der Waals surface area (Å²) < 4.78 is 10.4. The fraction of sp³-hybridized carbons (Fsp3) is 0.364. The first-order valence-electron chi connectivity index (χ1n) is 4.92. The number of aliphatic carboxylic acids is 1. The van der Waals surface area contributed by atoms with Crippen molar-refractivity contribution in [3.63, 3.8) is 0 Å². The van der Waals surface area contributed by atoms with Crippen molar-refractivity contribution in [2.45, 2.75) is 19.1 Å². The monoisotopic (exact) mass is 224 g/mol. The van der Waals surface area contributed by atoms with Crippen LogP contribution in [0.3, 0.4) is 0 Å². The molecule has 0 aliphatic carbocycles. The quantitative estimate of drug-likeness (QED) is 0.799. The van der Waals surface area contributed by atoms with Crippen LogP contribution in [0.25, 0.3) is 0 Å². The predicted octanol–water partition coefficient (Wildman–Crippen LogP) is 0.964. The number of carbonyl (C=O) groups is 1. The predicted molar refractivity (Wildman–Crippen MR) is 54.6 cm³/mol. The van der Waals surface area contributed by atoms with Crippen molar-refractivity contribution in [1.82, 2.24) is 0 Å². The van der Waals surface area contributed by atoms with Crippen LogP contribution in [-0.2, 0) is 4.79 Å². The number of aliphatic hydroxyl groups excluding tert-OH is 1. The zero-order valence-corrected chi connectivity index (χ0v) is 8.71. The van der Waals surface area contributed by atoms with Crippen molar-refractivity contribution >= 4 is 5.97 Å². The van der Waals surface area contributed by atoms with E-state index in [1.165, 1.54) is 6.92 Å². The van der Waals surface area contributed by atoms with Crippen LogP contribution in [0.5, 0.6) is 11.5 Å². The van der Waals surface area contributed by atoms with E-state index in [2.05, 4.69) is 0 Å². The zero-order valence-electron chi connectivity index (χ0n) is 8.71. The third-order valence-corrected chi connectivity index (χ3v) is 2.40. The largest absolute Gasteiger partial charge is 0.490 e. The fourth-order valence-electron chi connectivity index (χ4n) is 1.50. The van der Waals surface area contributed by atoms with Gasteiger partial charge in [0.25, 0.3) is 0 Å². The number of carboxylic acids is 1. The lowest BCUT2D eigenvalue weighted by Gasteiger charge is -2.11. The number of rotatable bonds is 3. The maximum atomic E-state index is 10.6. The number of carboxylic acid groups (broad SMARTS) is 1. The highest BCUT2D eigenvalue weighted by molar-refractivity contribution is 5.72. The Balaban J connectivity index is 2.16. The summed E-state index contributed by atoms with van der Waals surface area (Å²) in [6.07, 6.45) is -1.52. The fourth-order valence-corrected chi connectivity index (χ4v) is 1.50. The second kappa shape index (κ2) is 4.02. The average Bonchev–Trinajstić information content (AvgIpc) is 2.60. The van der Waals surface area contributed by atoms with Crippen LogP contribution < -0.4 is 9.47 Å². The lowest BCUT2D eigenvalue weighted by Crippen LogP contribution is -2.22. The molecule has 1 aliphatic heterocycles. The van der Waals surface area contributed by atoms with Crippen molar-refractivity contribution in [3.8, 4) is 11.5 Å². The van der Waals surface area contributed by atoms with Crippen molar-refractivity contribution < 1.29 is 24.5 Å². The molecule has 5 nitrogen and oxygen atoms in total. The van der Waals surface area contributed by atoms with Crippen LogP contribution >= 0.6 is 0 Å². The molecule has 1 aliphatic rings. The minimum atomic E-state index is -1.03. The smallest absolute Gasteiger partial charge is 0.344 e. The molecule has 0 spiro atoms. The number of ether oxygens (including phenoxy) is 2. The van der Waals surface area contributed by atoms with Crippen LogP contribution in [0, 0.1) is 0 Å². The first-order chi connectivity index (χ1) is 7.58. The molecule has 0 saturated heterocycles. The van der Waals surface area contributed by atoms with Gasteiger partial charge in [-0.1, -0.05) is 0 Å². The Labute approximate surface area is 92.2 Å². The van der Waals surface area contributed by atoms with Gasteiger partial charge in [0, 0.05) is 11.6 Å². The maximum Gasteiger partial charge on any atom is 0.344 e. The van der Waals surface area contributed by atoms with Crippen molar-refractivity contribution in [1.29, 1.82) is 0 Å².